The lowest BCUT2D eigenvalue weighted by molar-refractivity contribution is -0.119. The van der Waals surface area contributed by atoms with E-state index in [-0.39, 0.29) is 5.91 Å². The molecule has 1 saturated carbocycles. The lowest BCUT2D eigenvalue weighted by atomic mass is 9.93. The second-order valence-electron chi connectivity index (χ2n) is 5.88. The number of nitrogens with two attached hydrogens (primary N) is 2. The van der Waals surface area contributed by atoms with Crippen molar-refractivity contribution in [2.75, 3.05) is 23.7 Å². The second kappa shape index (κ2) is 5.26. The van der Waals surface area contributed by atoms with E-state index in [9.17, 15) is 4.79 Å². The molecule has 6 heteroatoms. The van der Waals surface area contributed by atoms with Gasteiger partial charge in [0.2, 0.25) is 5.91 Å². The molecule has 0 radical (unpaired) electrons. The quantitative estimate of drug-likeness (QED) is 0.855. The monoisotopic (exact) mass is 275 g/mol. The maximum absolute atomic E-state index is 11.0. The van der Waals surface area contributed by atoms with Crippen molar-refractivity contribution in [2.45, 2.75) is 38.0 Å². The van der Waals surface area contributed by atoms with Crippen LogP contribution in [0.5, 0.6) is 0 Å². The molecule has 20 heavy (non-hydrogen) atoms. The van der Waals surface area contributed by atoms with Crippen LogP contribution in [0.1, 0.15) is 43.8 Å². The summed E-state index contributed by atoms with van der Waals surface area (Å²) in [6, 6.07) is 1.85. The summed E-state index contributed by atoms with van der Waals surface area (Å²) in [4.78, 5) is 22.2. The van der Waals surface area contributed by atoms with Crippen molar-refractivity contribution in [3.63, 3.8) is 0 Å². The van der Waals surface area contributed by atoms with Gasteiger partial charge < -0.3 is 16.4 Å². The fraction of sp³-hybridized carbons (Fsp3) is 0.643. The highest BCUT2D eigenvalue weighted by molar-refractivity contribution is 5.74. The molecule has 6 nitrogen and oxygen atoms in total. The van der Waals surface area contributed by atoms with Gasteiger partial charge in [0.05, 0.1) is 0 Å². The van der Waals surface area contributed by atoms with Gasteiger partial charge in [-0.25, -0.2) is 9.97 Å². The topological polar surface area (TPSA) is 98.1 Å². The molecule has 1 saturated heterocycles. The van der Waals surface area contributed by atoms with Crippen molar-refractivity contribution in [1.29, 1.82) is 0 Å². The Kier molecular flexibility index (Phi) is 3.46. The zero-order valence-electron chi connectivity index (χ0n) is 11.6. The number of rotatable bonds is 4. The summed E-state index contributed by atoms with van der Waals surface area (Å²) in [5.74, 6) is 3.08. The number of anilines is 2. The minimum absolute atomic E-state index is 0.203. The van der Waals surface area contributed by atoms with Crippen LogP contribution in [0.15, 0.2) is 6.07 Å². The molecule has 1 aromatic heterocycles. The molecular weight excluding hydrogens is 254 g/mol. The third kappa shape index (κ3) is 3.00. The number of amides is 1. The maximum atomic E-state index is 11.0. The average Bonchev–Trinajstić information content (AvgIpc) is 3.22. The van der Waals surface area contributed by atoms with Crippen molar-refractivity contribution >= 4 is 17.5 Å². The van der Waals surface area contributed by atoms with E-state index in [0.717, 1.165) is 37.6 Å². The highest BCUT2D eigenvalue weighted by Gasteiger charge is 2.28. The predicted octanol–water partition coefficient (Wildman–Crippen LogP) is 1.03. The van der Waals surface area contributed by atoms with Crippen molar-refractivity contribution in [3.05, 3.63) is 11.9 Å². The molecule has 1 amide bonds. The first kappa shape index (κ1) is 13.1. The fourth-order valence-electron chi connectivity index (χ4n) is 2.81. The van der Waals surface area contributed by atoms with Crippen LogP contribution >= 0.6 is 0 Å². The van der Waals surface area contributed by atoms with Crippen LogP contribution in [0.3, 0.4) is 0 Å². The average molecular weight is 275 g/mol. The molecule has 1 aliphatic carbocycles. The number of aromatic nitrogens is 2. The molecule has 0 aromatic carbocycles. The van der Waals surface area contributed by atoms with Crippen LogP contribution in [0.2, 0.25) is 0 Å². The summed E-state index contributed by atoms with van der Waals surface area (Å²) in [7, 11) is 0. The van der Waals surface area contributed by atoms with Gasteiger partial charge in [0.1, 0.15) is 17.5 Å². The Morgan fingerprint density at radius 1 is 1.25 bits per heavy atom. The molecule has 1 aliphatic heterocycles. The van der Waals surface area contributed by atoms with Crippen LogP contribution in [0.25, 0.3) is 0 Å². The number of nitrogen functional groups attached to an aromatic ring is 1. The number of primary amides is 1. The Bertz CT molecular complexity index is 506. The molecule has 0 atom stereocenters. The van der Waals surface area contributed by atoms with E-state index in [1.807, 2.05) is 6.07 Å². The Morgan fingerprint density at radius 3 is 2.55 bits per heavy atom. The first-order valence-electron chi connectivity index (χ1n) is 7.29. The first-order chi connectivity index (χ1) is 9.61. The maximum Gasteiger partial charge on any atom is 0.217 e. The van der Waals surface area contributed by atoms with Gasteiger partial charge in [-0.1, -0.05) is 0 Å². The van der Waals surface area contributed by atoms with E-state index in [2.05, 4.69) is 14.9 Å². The predicted molar refractivity (Wildman–Crippen MR) is 77.2 cm³/mol. The standard InChI is InChI=1S/C14H21N5O/c15-11-8-13(18-14(17-11)10-1-2-10)19-5-3-9(4-6-19)7-12(16)20/h8-10H,1-7H2,(H2,16,20)(H2,15,17,18). The Balaban J connectivity index is 1.67. The van der Waals surface area contributed by atoms with Crippen molar-refractivity contribution in [3.8, 4) is 0 Å². The second-order valence-corrected chi connectivity index (χ2v) is 5.88. The van der Waals surface area contributed by atoms with E-state index in [4.69, 9.17) is 11.5 Å². The lowest BCUT2D eigenvalue weighted by Gasteiger charge is -2.32. The third-order valence-corrected chi connectivity index (χ3v) is 4.12. The fourth-order valence-corrected chi connectivity index (χ4v) is 2.81. The van der Waals surface area contributed by atoms with Gasteiger partial charge in [-0.05, 0) is 31.6 Å². The van der Waals surface area contributed by atoms with Gasteiger partial charge in [-0.15, -0.1) is 0 Å². The van der Waals surface area contributed by atoms with Gasteiger partial charge >= 0.3 is 0 Å². The molecule has 0 unspecified atom stereocenters. The summed E-state index contributed by atoms with van der Waals surface area (Å²) in [6.07, 6.45) is 4.79. The van der Waals surface area contributed by atoms with Crippen LogP contribution in [-0.2, 0) is 4.79 Å². The molecule has 3 rings (SSSR count). The number of carbonyl (C=O) groups excluding carboxylic acids is 1. The molecular formula is C14H21N5O. The number of piperidine rings is 1. The third-order valence-electron chi connectivity index (χ3n) is 4.12. The van der Waals surface area contributed by atoms with Crippen molar-refractivity contribution in [1.82, 2.24) is 9.97 Å². The number of hydrogen-bond acceptors (Lipinski definition) is 5. The van der Waals surface area contributed by atoms with Gasteiger partial charge in [0.25, 0.3) is 0 Å². The molecule has 2 heterocycles. The molecule has 0 bridgehead atoms. The number of nitrogens with zero attached hydrogens (tertiary/aromatic N) is 3. The largest absolute Gasteiger partial charge is 0.384 e. The molecule has 0 spiro atoms. The zero-order chi connectivity index (χ0) is 14.1. The van der Waals surface area contributed by atoms with Crippen LogP contribution in [0, 0.1) is 5.92 Å². The van der Waals surface area contributed by atoms with Crippen LogP contribution in [-0.4, -0.2) is 29.0 Å². The minimum atomic E-state index is -0.203. The van der Waals surface area contributed by atoms with Crippen LogP contribution in [0.4, 0.5) is 11.6 Å². The number of carbonyl (C=O) groups is 1. The SMILES string of the molecule is NC(=O)CC1CCN(c2cc(N)nc(C3CC3)n2)CC1. The highest BCUT2D eigenvalue weighted by Crippen LogP contribution is 2.39. The minimum Gasteiger partial charge on any atom is -0.384 e. The van der Waals surface area contributed by atoms with Gasteiger partial charge in [-0.3, -0.25) is 4.79 Å². The van der Waals surface area contributed by atoms with Gasteiger partial charge in [0, 0.05) is 31.5 Å². The highest BCUT2D eigenvalue weighted by atomic mass is 16.1. The Hall–Kier alpha value is -1.85. The summed E-state index contributed by atoms with van der Waals surface area (Å²) < 4.78 is 0. The van der Waals surface area contributed by atoms with Crippen LogP contribution < -0.4 is 16.4 Å². The number of hydrogen-bond donors (Lipinski definition) is 2. The van der Waals surface area contributed by atoms with E-state index in [0.29, 0.717) is 24.1 Å². The molecule has 108 valence electrons. The first-order valence-corrected chi connectivity index (χ1v) is 7.29. The summed E-state index contributed by atoms with van der Waals surface area (Å²) in [6.45, 7) is 1.80. The van der Waals surface area contributed by atoms with E-state index in [1.54, 1.807) is 0 Å². The van der Waals surface area contributed by atoms with Crippen molar-refractivity contribution in [2.24, 2.45) is 11.7 Å². The smallest absolute Gasteiger partial charge is 0.217 e. The summed E-state index contributed by atoms with van der Waals surface area (Å²) in [5.41, 5.74) is 11.1. The van der Waals surface area contributed by atoms with Crippen molar-refractivity contribution < 1.29 is 4.79 Å². The lowest BCUT2D eigenvalue weighted by Crippen LogP contribution is -2.35. The van der Waals surface area contributed by atoms with E-state index < -0.39 is 0 Å². The normalized spacial score (nSPS) is 20.1. The Labute approximate surface area is 118 Å². The van der Waals surface area contributed by atoms with E-state index >= 15 is 0 Å². The van der Waals surface area contributed by atoms with E-state index in [1.165, 1.54) is 12.8 Å². The summed E-state index contributed by atoms with van der Waals surface area (Å²) >= 11 is 0. The molecule has 1 aromatic rings. The molecule has 2 aliphatic rings. The zero-order valence-corrected chi connectivity index (χ0v) is 11.6. The van der Waals surface area contributed by atoms with Gasteiger partial charge in [0.15, 0.2) is 0 Å². The Morgan fingerprint density at radius 2 is 1.95 bits per heavy atom. The summed E-state index contributed by atoms with van der Waals surface area (Å²) in [5, 5.41) is 0. The molecule has 2 fully saturated rings. The molecule has 4 N–H and O–H groups in total. The van der Waals surface area contributed by atoms with Gasteiger partial charge in [-0.2, -0.15) is 0 Å².